The van der Waals surface area contributed by atoms with Crippen LogP contribution in [-0.4, -0.2) is 10.8 Å². The van der Waals surface area contributed by atoms with Crippen molar-refractivity contribution in [1.29, 1.82) is 0 Å². The smallest absolute Gasteiger partial charge is 0.178 e. The first kappa shape index (κ1) is 9.04. The Kier molecular flexibility index (Phi) is 3.09. The van der Waals surface area contributed by atoms with Gasteiger partial charge in [0.2, 0.25) is 0 Å². The molecule has 1 aromatic heterocycles. The molecule has 1 N–H and O–H groups in total. The van der Waals surface area contributed by atoms with E-state index in [0.717, 1.165) is 24.2 Å². The first-order chi connectivity index (χ1) is 5.77. The molecule has 0 saturated carbocycles. The molecule has 0 spiro atoms. The number of aryl methyl sites for hydroxylation is 1. The Labute approximate surface area is 73.0 Å². The summed E-state index contributed by atoms with van der Waals surface area (Å²) in [4.78, 5) is 14.3. The van der Waals surface area contributed by atoms with Gasteiger partial charge in [-0.15, -0.1) is 0 Å². The van der Waals surface area contributed by atoms with Crippen LogP contribution in [0.1, 0.15) is 42.9 Å². The van der Waals surface area contributed by atoms with Crippen LogP contribution in [0.15, 0.2) is 12.1 Å². The summed E-state index contributed by atoms with van der Waals surface area (Å²) in [5.74, 6) is 0.192. The van der Waals surface area contributed by atoms with Gasteiger partial charge in [0, 0.05) is 12.1 Å². The SMILES string of the molecule is CCCc1ccc(C(=O)CC)[nH]1. The fourth-order valence-electron chi connectivity index (χ4n) is 1.21. The van der Waals surface area contributed by atoms with Crippen LogP contribution in [-0.2, 0) is 6.42 Å². The highest BCUT2D eigenvalue weighted by atomic mass is 16.1. The maximum atomic E-state index is 11.2. The summed E-state index contributed by atoms with van der Waals surface area (Å²) in [6.45, 7) is 4.00. The van der Waals surface area contributed by atoms with Crippen molar-refractivity contribution in [2.45, 2.75) is 33.1 Å². The summed E-state index contributed by atoms with van der Waals surface area (Å²) in [6.07, 6.45) is 2.71. The summed E-state index contributed by atoms with van der Waals surface area (Å²) >= 11 is 0. The van der Waals surface area contributed by atoms with Crippen molar-refractivity contribution in [1.82, 2.24) is 4.98 Å². The first-order valence-corrected chi connectivity index (χ1v) is 4.49. The van der Waals surface area contributed by atoms with Gasteiger partial charge in [0.25, 0.3) is 0 Å². The first-order valence-electron chi connectivity index (χ1n) is 4.49. The lowest BCUT2D eigenvalue weighted by Gasteiger charge is -1.93. The van der Waals surface area contributed by atoms with Crippen molar-refractivity contribution >= 4 is 5.78 Å². The topological polar surface area (TPSA) is 32.9 Å². The van der Waals surface area contributed by atoms with E-state index in [9.17, 15) is 4.79 Å². The molecule has 0 radical (unpaired) electrons. The number of aromatic amines is 1. The molecule has 0 saturated heterocycles. The fourth-order valence-corrected chi connectivity index (χ4v) is 1.21. The Morgan fingerprint density at radius 2 is 2.17 bits per heavy atom. The van der Waals surface area contributed by atoms with Crippen LogP contribution in [0, 0.1) is 0 Å². The van der Waals surface area contributed by atoms with Crippen LogP contribution in [0.5, 0.6) is 0 Å². The Morgan fingerprint density at radius 3 is 2.75 bits per heavy atom. The minimum Gasteiger partial charge on any atom is -0.356 e. The molecule has 2 nitrogen and oxygen atoms in total. The molecule has 0 amide bonds. The van der Waals surface area contributed by atoms with Crippen LogP contribution in [0.25, 0.3) is 0 Å². The lowest BCUT2D eigenvalue weighted by molar-refractivity contribution is 0.0984. The van der Waals surface area contributed by atoms with Gasteiger partial charge < -0.3 is 4.98 Å². The predicted molar refractivity (Wildman–Crippen MR) is 49.4 cm³/mol. The number of rotatable bonds is 4. The van der Waals surface area contributed by atoms with Gasteiger partial charge in [-0.25, -0.2) is 0 Å². The molecule has 2 heteroatoms. The number of Topliss-reactive ketones (excluding diaryl/α,β-unsaturated/α-hetero) is 1. The highest BCUT2D eigenvalue weighted by molar-refractivity contribution is 5.94. The van der Waals surface area contributed by atoms with E-state index in [2.05, 4.69) is 11.9 Å². The molecule has 66 valence electrons. The molecule has 12 heavy (non-hydrogen) atoms. The second-order valence-electron chi connectivity index (χ2n) is 2.92. The maximum absolute atomic E-state index is 11.2. The van der Waals surface area contributed by atoms with E-state index in [-0.39, 0.29) is 5.78 Å². The molecular weight excluding hydrogens is 150 g/mol. The quantitative estimate of drug-likeness (QED) is 0.683. The number of H-pyrrole nitrogens is 1. The lowest BCUT2D eigenvalue weighted by atomic mass is 10.2. The van der Waals surface area contributed by atoms with E-state index in [4.69, 9.17) is 0 Å². The summed E-state index contributed by atoms with van der Waals surface area (Å²) in [5, 5.41) is 0. The van der Waals surface area contributed by atoms with E-state index >= 15 is 0 Å². The average molecular weight is 165 g/mol. The number of aromatic nitrogens is 1. The third kappa shape index (κ3) is 1.97. The van der Waals surface area contributed by atoms with Crippen molar-refractivity contribution in [3.63, 3.8) is 0 Å². The largest absolute Gasteiger partial charge is 0.356 e. The summed E-state index contributed by atoms with van der Waals surface area (Å²) < 4.78 is 0. The summed E-state index contributed by atoms with van der Waals surface area (Å²) in [7, 11) is 0. The number of hydrogen-bond acceptors (Lipinski definition) is 1. The van der Waals surface area contributed by atoms with E-state index in [1.807, 2.05) is 19.1 Å². The van der Waals surface area contributed by atoms with E-state index in [1.165, 1.54) is 0 Å². The zero-order valence-electron chi connectivity index (χ0n) is 7.68. The number of hydrogen-bond donors (Lipinski definition) is 1. The third-order valence-corrected chi connectivity index (χ3v) is 1.89. The number of carbonyl (C=O) groups excluding carboxylic acids is 1. The summed E-state index contributed by atoms with van der Waals surface area (Å²) in [6, 6.07) is 3.86. The van der Waals surface area contributed by atoms with Crippen LogP contribution in [0.2, 0.25) is 0 Å². The zero-order valence-corrected chi connectivity index (χ0v) is 7.68. The Balaban J connectivity index is 2.70. The molecule has 0 aromatic carbocycles. The number of carbonyl (C=O) groups is 1. The second-order valence-corrected chi connectivity index (χ2v) is 2.92. The third-order valence-electron chi connectivity index (χ3n) is 1.89. The standard InChI is InChI=1S/C10H15NO/c1-3-5-8-6-7-9(11-8)10(12)4-2/h6-7,11H,3-5H2,1-2H3. The molecule has 0 aliphatic rings. The minimum atomic E-state index is 0.192. The summed E-state index contributed by atoms with van der Waals surface area (Å²) in [5.41, 5.74) is 1.91. The van der Waals surface area contributed by atoms with Crippen molar-refractivity contribution in [3.05, 3.63) is 23.5 Å². The number of ketones is 1. The van der Waals surface area contributed by atoms with Gasteiger partial charge in [-0.05, 0) is 18.6 Å². The normalized spacial score (nSPS) is 10.2. The fraction of sp³-hybridized carbons (Fsp3) is 0.500. The van der Waals surface area contributed by atoms with E-state index < -0.39 is 0 Å². The Hall–Kier alpha value is -1.05. The Bertz CT molecular complexity index is 263. The van der Waals surface area contributed by atoms with Gasteiger partial charge in [0.15, 0.2) is 5.78 Å². The number of nitrogens with one attached hydrogen (secondary N) is 1. The Morgan fingerprint density at radius 1 is 1.42 bits per heavy atom. The highest BCUT2D eigenvalue weighted by Crippen LogP contribution is 2.06. The molecule has 0 aliphatic heterocycles. The van der Waals surface area contributed by atoms with Crippen molar-refractivity contribution < 1.29 is 4.79 Å². The van der Waals surface area contributed by atoms with Crippen LogP contribution in [0.4, 0.5) is 0 Å². The minimum absolute atomic E-state index is 0.192. The van der Waals surface area contributed by atoms with Crippen LogP contribution >= 0.6 is 0 Å². The molecule has 1 aromatic rings. The molecular formula is C10H15NO. The van der Waals surface area contributed by atoms with Gasteiger partial charge in [0.1, 0.15) is 0 Å². The van der Waals surface area contributed by atoms with Crippen molar-refractivity contribution in [2.75, 3.05) is 0 Å². The molecule has 1 heterocycles. The molecule has 1 rings (SSSR count). The average Bonchev–Trinajstić information content (AvgIpc) is 2.52. The molecule has 0 fully saturated rings. The molecule has 0 bridgehead atoms. The van der Waals surface area contributed by atoms with Crippen LogP contribution in [0.3, 0.4) is 0 Å². The van der Waals surface area contributed by atoms with E-state index in [1.54, 1.807) is 0 Å². The van der Waals surface area contributed by atoms with Crippen molar-refractivity contribution in [3.8, 4) is 0 Å². The molecule has 0 unspecified atom stereocenters. The van der Waals surface area contributed by atoms with Gasteiger partial charge >= 0.3 is 0 Å². The van der Waals surface area contributed by atoms with Gasteiger partial charge in [-0.3, -0.25) is 4.79 Å². The predicted octanol–water partition coefficient (Wildman–Crippen LogP) is 2.56. The molecule has 0 aliphatic carbocycles. The highest BCUT2D eigenvalue weighted by Gasteiger charge is 2.04. The van der Waals surface area contributed by atoms with Crippen molar-refractivity contribution in [2.24, 2.45) is 0 Å². The van der Waals surface area contributed by atoms with Gasteiger partial charge in [-0.2, -0.15) is 0 Å². The monoisotopic (exact) mass is 165 g/mol. The van der Waals surface area contributed by atoms with Crippen LogP contribution < -0.4 is 0 Å². The maximum Gasteiger partial charge on any atom is 0.178 e. The van der Waals surface area contributed by atoms with E-state index in [0.29, 0.717) is 6.42 Å². The lowest BCUT2D eigenvalue weighted by Crippen LogP contribution is -1.96. The van der Waals surface area contributed by atoms with Gasteiger partial charge in [0.05, 0.1) is 5.69 Å². The second kappa shape index (κ2) is 4.10. The van der Waals surface area contributed by atoms with Gasteiger partial charge in [-0.1, -0.05) is 20.3 Å². The molecule has 0 atom stereocenters. The zero-order chi connectivity index (χ0) is 8.97.